The largest absolute Gasteiger partial charge is 0.450 e. The molecule has 0 atom stereocenters. The Kier molecular flexibility index (Phi) is 4.78. The summed E-state index contributed by atoms with van der Waals surface area (Å²) in [6.45, 7) is 3.30. The number of pyridine rings is 1. The van der Waals surface area contributed by atoms with Crippen LogP contribution in [0.2, 0.25) is 0 Å². The van der Waals surface area contributed by atoms with Crippen molar-refractivity contribution in [2.75, 3.05) is 25.0 Å². The van der Waals surface area contributed by atoms with Crippen LogP contribution in [0.25, 0.3) is 5.65 Å². The molecule has 0 aliphatic carbocycles. The van der Waals surface area contributed by atoms with E-state index < -0.39 is 0 Å². The summed E-state index contributed by atoms with van der Waals surface area (Å²) in [7, 11) is 0. The van der Waals surface area contributed by atoms with E-state index in [-0.39, 0.29) is 18.2 Å². The number of carbonyl (C=O) groups excluding carboxylic acids is 2. The van der Waals surface area contributed by atoms with Crippen LogP contribution in [-0.2, 0) is 4.74 Å². The smallest absolute Gasteiger partial charge is 0.409 e. The van der Waals surface area contributed by atoms with Gasteiger partial charge in [-0.2, -0.15) is 0 Å². The van der Waals surface area contributed by atoms with Crippen LogP contribution in [0, 0.1) is 0 Å². The maximum Gasteiger partial charge on any atom is 0.409 e. The van der Waals surface area contributed by atoms with Gasteiger partial charge in [0.05, 0.1) is 12.3 Å². The van der Waals surface area contributed by atoms with Gasteiger partial charge in [0.1, 0.15) is 6.33 Å². The van der Waals surface area contributed by atoms with Gasteiger partial charge in [0.15, 0.2) is 5.65 Å². The SMILES string of the molecule is CCOC(=O)N1CCC(NC(=O)Nc2cccn3cnnc23)CC1. The van der Waals surface area contributed by atoms with Crippen molar-refractivity contribution >= 4 is 23.5 Å². The second-order valence-electron chi connectivity index (χ2n) is 5.54. The molecule has 3 rings (SSSR count). The summed E-state index contributed by atoms with van der Waals surface area (Å²) >= 11 is 0. The molecule has 3 heterocycles. The molecule has 0 unspecified atom stereocenters. The lowest BCUT2D eigenvalue weighted by Crippen LogP contribution is -2.47. The van der Waals surface area contributed by atoms with Gasteiger partial charge in [-0.25, -0.2) is 9.59 Å². The first-order valence-electron chi connectivity index (χ1n) is 7.95. The van der Waals surface area contributed by atoms with Gasteiger partial charge in [-0.1, -0.05) is 0 Å². The molecule has 2 aromatic heterocycles. The number of amides is 3. The average Bonchev–Trinajstić information content (AvgIpc) is 3.05. The highest BCUT2D eigenvalue weighted by Crippen LogP contribution is 2.15. The lowest BCUT2D eigenvalue weighted by atomic mass is 10.1. The van der Waals surface area contributed by atoms with Gasteiger partial charge in [0, 0.05) is 25.3 Å². The Hall–Kier alpha value is -2.84. The van der Waals surface area contributed by atoms with Crippen molar-refractivity contribution in [2.24, 2.45) is 0 Å². The number of hydrogen-bond donors (Lipinski definition) is 2. The number of nitrogens with one attached hydrogen (secondary N) is 2. The zero-order chi connectivity index (χ0) is 16.9. The summed E-state index contributed by atoms with van der Waals surface area (Å²) in [4.78, 5) is 25.5. The molecular weight excluding hydrogens is 312 g/mol. The fraction of sp³-hybridized carbons (Fsp3) is 0.467. The molecule has 2 N–H and O–H groups in total. The second-order valence-corrected chi connectivity index (χ2v) is 5.54. The summed E-state index contributed by atoms with van der Waals surface area (Å²) in [5.74, 6) is 0. The average molecular weight is 332 g/mol. The minimum absolute atomic E-state index is 0.0216. The van der Waals surface area contributed by atoms with Gasteiger partial charge in [0.25, 0.3) is 0 Å². The van der Waals surface area contributed by atoms with E-state index in [9.17, 15) is 9.59 Å². The monoisotopic (exact) mass is 332 g/mol. The lowest BCUT2D eigenvalue weighted by molar-refractivity contribution is 0.0959. The van der Waals surface area contributed by atoms with E-state index in [2.05, 4.69) is 20.8 Å². The van der Waals surface area contributed by atoms with Crippen molar-refractivity contribution in [3.05, 3.63) is 24.7 Å². The molecule has 24 heavy (non-hydrogen) atoms. The predicted molar refractivity (Wildman–Crippen MR) is 86.8 cm³/mol. The van der Waals surface area contributed by atoms with Crippen LogP contribution in [0.1, 0.15) is 19.8 Å². The Labute approximate surface area is 139 Å². The van der Waals surface area contributed by atoms with E-state index in [4.69, 9.17) is 4.74 Å². The van der Waals surface area contributed by atoms with Gasteiger partial charge in [-0.15, -0.1) is 10.2 Å². The van der Waals surface area contributed by atoms with Crippen LogP contribution in [0.4, 0.5) is 15.3 Å². The van der Waals surface area contributed by atoms with Crippen molar-refractivity contribution < 1.29 is 14.3 Å². The zero-order valence-electron chi connectivity index (χ0n) is 13.4. The summed E-state index contributed by atoms with van der Waals surface area (Å²) in [5.41, 5.74) is 1.18. The highest BCUT2D eigenvalue weighted by molar-refractivity contribution is 5.93. The summed E-state index contributed by atoms with van der Waals surface area (Å²) in [5, 5.41) is 13.5. The molecule has 0 aromatic carbocycles. The lowest BCUT2D eigenvalue weighted by Gasteiger charge is -2.31. The molecule has 9 nitrogen and oxygen atoms in total. The number of nitrogens with zero attached hydrogens (tertiary/aromatic N) is 4. The second kappa shape index (κ2) is 7.16. The van der Waals surface area contributed by atoms with Gasteiger partial charge in [0.2, 0.25) is 0 Å². The third-order valence-corrected chi connectivity index (χ3v) is 3.93. The number of fused-ring (bicyclic) bond motifs is 1. The molecule has 1 aliphatic rings. The predicted octanol–water partition coefficient (Wildman–Crippen LogP) is 1.47. The molecule has 9 heteroatoms. The number of hydrogen-bond acceptors (Lipinski definition) is 5. The summed E-state index contributed by atoms with van der Waals surface area (Å²) < 4.78 is 6.71. The van der Waals surface area contributed by atoms with Crippen LogP contribution in [-0.4, -0.2) is 57.4 Å². The number of anilines is 1. The van der Waals surface area contributed by atoms with E-state index in [0.29, 0.717) is 43.9 Å². The summed E-state index contributed by atoms with van der Waals surface area (Å²) in [6, 6.07) is 3.31. The maximum absolute atomic E-state index is 12.2. The fourth-order valence-electron chi connectivity index (χ4n) is 2.71. The molecule has 1 aliphatic heterocycles. The number of likely N-dealkylation sites (tertiary alicyclic amines) is 1. The van der Waals surface area contributed by atoms with Crippen LogP contribution in [0.3, 0.4) is 0 Å². The third-order valence-electron chi connectivity index (χ3n) is 3.93. The zero-order valence-corrected chi connectivity index (χ0v) is 13.4. The fourth-order valence-corrected chi connectivity index (χ4v) is 2.71. The molecular formula is C15H20N6O3. The number of carbonyl (C=O) groups is 2. The van der Waals surface area contributed by atoms with Crippen LogP contribution in [0.15, 0.2) is 24.7 Å². The van der Waals surface area contributed by atoms with E-state index >= 15 is 0 Å². The van der Waals surface area contributed by atoms with E-state index in [1.807, 2.05) is 12.3 Å². The molecule has 2 aromatic rings. The molecule has 3 amide bonds. The van der Waals surface area contributed by atoms with E-state index in [1.165, 1.54) is 0 Å². The quantitative estimate of drug-likeness (QED) is 0.886. The van der Waals surface area contributed by atoms with Crippen LogP contribution in [0.5, 0.6) is 0 Å². The van der Waals surface area contributed by atoms with Gasteiger partial charge in [-0.05, 0) is 31.9 Å². The highest BCUT2D eigenvalue weighted by Gasteiger charge is 2.24. The normalized spacial score (nSPS) is 15.3. The topological polar surface area (TPSA) is 101 Å². The van der Waals surface area contributed by atoms with Gasteiger partial charge >= 0.3 is 12.1 Å². The standard InChI is InChI=1S/C15H20N6O3/c1-2-24-15(23)20-8-5-11(6-9-20)17-14(22)18-12-4-3-7-21-10-16-19-13(12)21/h3-4,7,10-11H,2,5-6,8-9H2,1H3,(H2,17,18,22). The number of rotatable bonds is 3. The first-order chi connectivity index (χ1) is 11.7. The molecule has 128 valence electrons. The maximum atomic E-state index is 12.2. The Balaban J connectivity index is 1.51. The first kappa shape index (κ1) is 16.0. The number of ether oxygens (including phenoxy) is 1. The Morgan fingerprint density at radius 2 is 2.17 bits per heavy atom. The molecule has 0 spiro atoms. The first-order valence-corrected chi connectivity index (χ1v) is 7.95. The van der Waals surface area contributed by atoms with Crippen LogP contribution < -0.4 is 10.6 Å². The Morgan fingerprint density at radius 1 is 1.38 bits per heavy atom. The molecule has 1 fully saturated rings. The molecule has 0 radical (unpaired) electrons. The van der Waals surface area contributed by atoms with Gasteiger partial charge < -0.3 is 20.3 Å². The molecule has 1 saturated heterocycles. The Bertz CT molecular complexity index is 723. The van der Waals surface area contributed by atoms with Crippen molar-refractivity contribution in [3.63, 3.8) is 0 Å². The number of aromatic nitrogens is 3. The highest BCUT2D eigenvalue weighted by atomic mass is 16.6. The molecule has 0 saturated carbocycles. The van der Waals surface area contributed by atoms with Crippen molar-refractivity contribution in [3.8, 4) is 0 Å². The van der Waals surface area contributed by atoms with Crippen molar-refractivity contribution in [2.45, 2.75) is 25.8 Å². The minimum Gasteiger partial charge on any atom is -0.450 e. The molecule has 0 bridgehead atoms. The number of urea groups is 1. The van der Waals surface area contributed by atoms with E-state index in [0.717, 1.165) is 0 Å². The van der Waals surface area contributed by atoms with Crippen LogP contribution >= 0.6 is 0 Å². The van der Waals surface area contributed by atoms with Crippen molar-refractivity contribution in [1.82, 2.24) is 24.8 Å². The van der Waals surface area contributed by atoms with E-state index in [1.54, 1.807) is 28.6 Å². The van der Waals surface area contributed by atoms with Crippen molar-refractivity contribution in [1.29, 1.82) is 0 Å². The van der Waals surface area contributed by atoms with Gasteiger partial charge in [-0.3, -0.25) is 4.40 Å². The number of piperidine rings is 1. The Morgan fingerprint density at radius 3 is 2.92 bits per heavy atom. The third kappa shape index (κ3) is 3.55. The minimum atomic E-state index is -0.293. The summed E-state index contributed by atoms with van der Waals surface area (Å²) in [6.07, 6.45) is 4.48.